The van der Waals surface area contributed by atoms with Gasteiger partial charge in [0, 0.05) is 0 Å². The molecule has 0 N–H and O–H groups in total. The van der Waals surface area contributed by atoms with Gasteiger partial charge >= 0.3 is 5.97 Å². The van der Waals surface area contributed by atoms with Crippen molar-refractivity contribution in [3.63, 3.8) is 0 Å². The molecular weight excluding hydrogens is 252 g/mol. The smallest absolute Gasteiger partial charge is 0.306 e. The van der Waals surface area contributed by atoms with Gasteiger partial charge in [0.15, 0.2) is 0 Å². The lowest BCUT2D eigenvalue weighted by Crippen LogP contribution is -2.51. The van der Waals surface area contributed by atoms with Crippen LogP contribution in [-0.2, 0) is 9.53 Å². The van der Waals surface area contributed by atoms with Crippen LogP contribution in [0.2, 0.25) is 18.1 Å². The van der Waals surface area contributed by atoms with Crippen molar-refractivity contribution in [2.75, 3.05) is 7.11 Å². The molecule has 0 amide bonds. The number of esters is 1. The van der Waals surface area contributed by atoms with E-state index in [-0.39, 0.29) is 11.0 Å². The second kappa shape index (κ2) is 6.20. The minimum Gasteiger partial charge on any atom is -0.469 e. The lowest BCUT2D eigenvalue weighted by atomic mass is 10.1. The molecule has 0 heterocycles. The molecule has 0 saturated heterocycles. The minimum atomic E-state index is -1.82. The molecule has 0 aliphatic carbocycles. The number of allylic oxidation sites excluding steroid dienone is 2. The predicted octanol–water partition coefficient (Wildman–Crippen LogP) is 3.50. The van der Waals surface area contributed by atoms with Gasteiger partial charge in [-0.3, -0.25) is 4.79 Å². The third kappa shape index (κ3) is 3.35. The first-order valence-corrected chi connectivity index (χ1v) is 9.63. The number of carbonyl (C=O) groups is 1. The molecule has 1 aromatic rings. The summed E-state index contributed by atoms with van der Waals surface area (Å²) in [6.45, 7) is 8.80. The molecule has 104 valence electrons. The van der Waals surface area contributed by atoms with Gasteiger partial charge in [0.25, 0.3) is 0 Å². The third-order valence-electron chi connectivity index (χ3n) is 4.20. The molecule has 3 heteroatoms. The largest absolute Gasteiger partial charge is 0.469 e. The summed E-state index contributed by atoms with van der Waals surface area (Å²) >= 11 is 0. The molecule has 2 nitrogen and oxygen atoms in total. The number of hydrogen-bond donors (Lipinski definition) is 0. The van der Waals surface area contributed by atoms with Gasteiger partial charge in [0.05, 0.1) is 21.6 Å². The molecule has 0 aliphatic heterocycles. The molecule has 1 atom stereocenters. The van der Waals surface area contributed by atoms with Crippen LogP contribution in [0.15, 0.2) is 42.5 Å². The van der Waals surface area contributed by atoms with Crippen molar-refractivity contribution in [2.45, 2.75) is 38.4 Å². The molecule has 0 aliphatic rings. The molecule has 0 unspecified atom stereocenters. The predicted molar refractivity (Wildman–Crippen MR) is 83.4 cm³/mol. The van der Waals surface area contributed by atoms with Crippen LogP contribution in [0.25, 0.3) is 0 Å². The number of benzene rings is 1. The second-order valence-corrected chi connectivity index (χ2v) is 10.6. The Hall–Kier alpha value is -1.35. The van der Waals surface area contributed by atoms with Crippen molar-refractivity contribution >= 4 is 19.2 Å². The summed E-state index contributed by atoms with van der Waals surface area (Å²) in [5, 5.41) is 1.22. The number of methoxy groups -OCH3 is 1. The van der Waals surface area contributed by atoms with Crippen LogP contribution in [-0.4, -0.2) is 21.2 Å². The van der Waals surface area contributed by atoms with Crippen molar-refractivity contribution < 1.29 is 9.53 Å². The first-order valence-electron chi connectivity index (χ1n) is 6.63. The second-order valence-electron chi connectivity index (χ2n) is 5.66. The highest BCUT2D eigenvalue weighted by Gasteiger charge is 2.43. The average Bonchev–Trinajstić information content (AvgIpc) is 2.39. The first kappa shape index (κ1) is 15.7. The average molecular weight is 276 g/mol. The summed E-state index contributed by atoms with van der Waals surface area (Å²) in [6, 6.07) is 10.5. The lowest BCUT2D eigenvalue weighted by molar-refractivity contribution is -0.141. The van der Waals surface area contributed by atoms with Crippen molar-refractivity contribution in [1.82, 2.24) is 0 Å². The van der Waals surface area contributed by atoms with Crippen LogP contribution in [0.4, 0.5) is 0 Å². The zero-order valence-corrected chi connectivity index (χ0v) is 13.6. The molecule has 19 heavy (non-hydrogen) atoms. The molecule has 1 aromatic carbocycles. The van der Waals surface area contributed by atoms with Crippen LogP contribution in [0, 0.1) is 0 Å². The van der Waals surface area contributed by atoms with E-state index in [2.05, 4.69) is 50.4 Å². The molecule has 0 spiro atoms. The van der Waals surface area contributed by atoms with E-state index < -0.39 is 8.07 Å². The van der Waals surface area contributed by atoms with Gasteiger partial charge in [0.2, 0.25) is 0 Å². The van der Waals surface area contributed by atoms with E-state index in [0.29, 0.717) is 6.42 Å². The molecule has 1 rings (SSSR count). The zero-order chi connectivity index (χ0) is 14.5. The Morgan fingerprint density at radius 2 is 1.89 bits per heavy atom. The molecule has 0 saturated carbocycles. The number of rotatable bonds is 5. The van der Waals surface area contributed by atoms with Gasteiger partial charge in [-0.25, -0.2) is 0 Å². The Kier molecular flexibility index (Phi) is 5.12. The summed E-state index contributed by atoms with van der Waals surface area (Å²) in [4.78, 5) is 11.7. The van der Waals surface area contributed by atoms with Crippen LogP contribution >= 0.6 is 0 Å². The summed E-state index contributed by atoms with van der Waals surface area (Å²) < 4.78 is 4.87. The van der Waals surface area contributed by atoms with E-state index >= 15 is 0 Å². The summed E-state index contributed by atoms with van der Waals surface area (Å²) in [5.74, 6) is -0.142. The van der Waals surface area contributed by atoms with Crippen LogP contribution in [0.3, 0.4) is 0 Å². The van der Waals surface area contributed by atoms with E-state index in [9.17, 15) is 4.79 Å². The standard InChI is InChI=1S/C16H24O2Si/c1-6-12-16(2,13-15(17)18-3)19(4,5)14-10-8-7-9-11-14/h6-12H,13H2,1-5H3/b12-6+/t16-/m1/s1. The Balaban J connectivity index is 3.20. The molecule has 0 radical (unpaired) electrons. The Morgan fingerprint density at radius 3 is 2.37 bits per heavy atom. The van der Waals surface area contributed by atoms with E-state index in [1.54, 1.807) is 0 Å². The van der Waals surface area contributed by atoms with Gasteiger partial charge < -0.3 is 4.74 Å². The van der Waals surface area contributed by atoms with Crippen LogP contribution in [0.5, 0.6) is 0 Å². The monoisotopic (exact) mass is 276 g/mol. The van der Waals surface area contributed by atoms with Crippen LogP contribution < -0.4 is 5.19 Å². The highest BCUT2D eigenvalue weighted by molar-refractivity contribution is 6.92. The Labute approximate surface area is 117 Å². The van der Waals surface area contributed by atoms with Gasteiger partial charge in [-0.1, -0.05) is 67.7 Å². The molecular formula is C16H24O2Si. The van der Waals surface area contributed by atoms with Crippen molar-refractivity contribution in [3.8, 4) is 0 Å². The maximum absolute atomic E-state index is 11.7. The maximum Gasteiger partial charge on any atom is 0.306 e. The zero-order valence-electron chi connectivity index (χ0n) is 12.6. The fourth-order valence-corrected chi connectivity index (χ4v) is 5.27. The van der Waals surface area contributed by atoms with Gasteiger partial charge in [-0.05, 0) is 12.0 Å². The highest BCUT2D eigenvalue weighted by Crippen LogP contribution is 2.42. The van der Waals surface area contributed by atoms with E-state index in [0.717, 1.165) is 0 Å². The number of hydrogen-bond acceptors (Lipinski definition) is 2. The van der Waals surface area contributed by atoms with E-state index in [1.807, 2.05) is 19.1 Å². The van der Waals surface area contributed by atoms with Gasteiger partial charge in [-0.2, -0.15) is 0 Å². The first-order chi connectivity index (χ1) is 8.87. The summed E-state index contributed by atoms with van der Waals surface area (Å²) in [5.41, 5.74) is 0. The summed E-state index contributed by atoms with van der Waals surface area (Å²) in [7, 11) is -0.367. The minimum absolute atomic E-state index is 0.142. The number of ether oxygens (including phenoxy) is 1. The topological polar surface area (TPSA) is 26.3 Å². The third-order valence-corrected chi connectivity index (χ3v) is 9.17. The molecule has 0 bridgehead atoms. The maximum atomic E-state index is 11.7. The summed E-state index contributed by atoms with van der Waals surface area (Å²) in [6.07, 6.45) is 4.64. The quantitative estimate of drug-likeness (QED) is 0.467. The van der Waals surface area contributed by atoms with Crippen LogP contribution in [0.1, 0.15) is 20.3 Å². The highest BCUT2D eigenvalue weighted by atomic mass is 28.3. The Bertz CT molecular complexity index is 451. The Morgan fingerprint density at radius 1 is 1.32 bits per heavy atom. The van der Waals surface area contributed by atoms with Crippen molar-refractivity contribution in [3.05, 3.63) is 42.5 Å². The van der Waals surface area contributed by atoms with Gasteiger partial charge in [-0.15, -0.1) is 0 Å². The fourth-order valence-electron chi connectivity index (χ4n) is 2.41. The van der Waals surface area contributed by atoms with Crippen molar-refractivity contribution in [1.29, 1.82) is 0 Å². The number of carbonyl (C=O) groups excluding carboxylic acids is 1. The van der Waals surface area contributed by atoms with Gasteiger partial charge in [0.1, 0.15) is 0 Å². The fraction of sp³-hybridized carbons (Fsp3) is 0.438. The van der Waals surface area contributed by atoms with E-state index in [4.69, 9.17) is 4.74 Å². The normalized spacial score (nSPS) is 15.2. The SMILES string of the molecule is C/C=C/[C@](C)(CC(=O)OC)[Si](C)(C)c1ccccc1. The van der Waals surface area contributed by atoms with E-state index in [1.165, 1.54) is 12.3 Å². The lowest BCUT2D eigenvalue weighted by Gasteiger charge is -2.40. The molecule has 0 fully saturated rings. The van der Waals surface area contributed by atoms with Crippen molar-refractivity contribution in [2.24, 2.45) is 0 Å². The molecule has 0 aromatic heterocycles.